The van der Waals surface area contributed by atoms with Crippen molar-refractivity contribution in [3.05, 3.63) is 71.8 Å². The summed E-state index contributed by atoms with van der Waals surface area (Å²) in [6.45, 7) is 2.26. The van der Waals surface area contributed by atoms with E-state index in [1.54, 1.807) is 24.3 Å². The summed E-state index contributed by atoms with van der Waals surface area (Å²) in [6.07, 6.45) is 19.3. The van der Waals surface area contributed by atoms with Crippen molar-refractivity contribution in [1.29, 1.82) is 0 Å². The van der Waals surface area contributed by atoms with E-state index in [2.05, 4.69) is 17.2 Å². The summed E-state index contributed by atoms with van der Waals surface area (Å²) >= 11 is 0. The van der Waals surface area contributed by atoms with Gasteiger partial charge in [-0.3, -0.25) is 9.79 Å². The maximum atomic E-state index is 13.2. The van der Waals surface area contributed by atoms with Crippen molar-refractivity contribution in [3.63, 3.8) is 0 Å². The third-order valence-corrected chi connectivity index (χ3v) is 7.53. The minimum Gasteiger partial charge on any atom is -0.862 e. The quantitative estimate of drug-likeness (QED) is 0.0863. The van der Waals surface area contributed by atoms with Gasteiger partial charge in [0, 0.05) is 6.42 Å². The summed E-state index contributed by atoms with van der Waals surface area (Å²) in [5, 5.41) is 25.0. The van der Waals surface area contributed by atoms with Gasteiger partial charge in [0.2, 0.25) is 5.91 Å². The van der Waals surface area contributed by atoms with Gasteiger partial charge in [-0.05, 0) is 29.9 Å². The Morgan fingerprint density at radius 2 is 1.19 bits per heavy atom. The van der Waals surface area contributed by atoms with Crippen molar-refractivity contribution in [2.75, 3.05) is 0 Å². The van der Waals surface area contributed by atoms with Gasteiger partial charge in [0.1, 0.15) is 6.04 Å². The van der Waals surface area contributed by atoms with Gasteiger partial charge >= 0.3 is 35.5 Å². The molecule has 2 aromatic carbocycles. The predicted molar refractivity (Wildman–Crippen MR) is 166 cm³/mol. The third-order valence-electron chi connectivity index (χ3n) is 7.53. The zero-order valence-corrected chi connectivity index (χ0v) is 28.1. The molecule has 0 fully saturated rings. The van der Waals surface area contributed by atoms with E-state index in [0.29, 0.717) is 12.0 Å². The molecule has 2 rings (SSSR count). The van der Waals surface area contributed by atoms with Crippen LogP contribution in [0.5, 0.6) is 0 Å². The van der Waals surface area contributed by atoms with Gasteiger partial charge < -0.3 is 15.5 Å². The van der Waals surface area contributed by atoms with E-state index in [9.17, 15) is 19.8 Å². The van der Waals surface area contributed by atoms with Crippen LogP contribution >= 0.6 is 0 Å². The van der Waals surface area contributed by atoms with Gasteiger partial charge in [-0.15, -0.1) is 0 Å². The molecule has 0 heterocycles. The molecule has 226 valence electrons. The van der Waals surface area contributed by atoms with Gasteiger partial charge in [0.15, 0.2) is 6.04 Å². The Morgan fingerprint density at radius 3 is 1.67 bits per heavy atom. The SMILES string of the molecule is CCCCCCCCCCCCCCCCCC([O-])=N[C@H](C(=O)N[C@@H](Cc1ccccc1)C(=O)O)c1ccccc1.[Na+]. The molecule has 2 aromatic rings. The molecule has 0 saturated heterocycles. The summed E-state index contributed by atoms with van der Waals surface area (Å²) in [4.78, 5) is 29.3. The van der Waals surface area contributed by atoms with Gasteiger partial charge in [-0.2, -0.15) is 0 Å². The number of carbonyl (C=O) groups excluding carboxylic acids is 1. The molecule has 7 heteroatoms. The molecule has 0 aliphatic rings. The number of rotatable bonds is 23. The number of aliphatic imine (C=N–C) groups is 1. The molecule has 2 N–H and O–H groups in total. The molecule has 6 nitrogen and oxygen atoms in total. The molecular weight excluding hydrogens is 535 g/mol. The molecule has 0 radical (unpaired) electrons. The number of aliphatic carboxylic acids is 1. The van der Waals surface area contributed by atoms with E-state index >= 15 is 0 Å². The molecule has 1 amide bonds. The summed E-state index contributed by atoms with van der Waals surface area (Å²) in [5.41, 5.74) is 1.37. The van der Waals surface area contributed by atoms with Crippen LogP contribution in [0, 0.1) is 0 Å². The first-order valence-electron chi connectivity index (χ1n) is 15.9. The summed E-state index contributed by atoms with van der Waals surface area (Å²) in [5.74, 6) is -2.03. The van der Waals surface area contributed by atoms with Crippen LogP contribution < -0.4 is 40.0 Å². The number of hydrogen-bond acceptors (Lipinski definition) is 4. The molecule has 0 aliphatic heterocycles. The van der Waals surface area contributed by atoms with Crippen LogP contribution in [0.2, 0.25) is 0 Å². The number of nitrogens with zero attached hydrogens (tertiary/aromatic N) is 1. The minimum absolute atomic E-state index is 0. The first-order chi connectivity index (χ1) is 20.0. The zero-order chi connectivity index (χ0) is 29.5. The monoisotopic (exact) mass is 586 g/mol. The standard InChI is InChI=1S/C35H52N2O4.Na/c1-2-3-4-5-6-7-8-9-10-11-12-13-14-15-22-27-32(38)37-33(30-25-20-17-21-26-30)34(39)36-31(35(40)41)28-29-23-18-16-19-24-29;/h16-21,23-26,31,33H,2-15,22,27-28H2,1H3,(H,36,39)(H,37,38)(H,40,41);/q;+1/p-1/t31-,33-;/m0./s1. The Kier molecular flexibility index (Phi) is 21.9. The summed E-state index contributed by atoms with van der Waals surface area (Å²) in [7, 11) is 0. The average molecular weight is 587 g/mol. The van der Waals surface area contributed by atoms with E-state index in [4.69, 9.17) is 0 Å². The number of amides is 1. The van der Waals surface area contributed by atoms with E-state index < -0.39 is 24.0 Å². The van der Waals surface area contributed by atoms with Crippen molar-refractivity contribution in [3.8, 4) is 0 Å². The van der Waals surface area contributed by atoms with Crippen LogP contribution in [0.25, 0.3) is 0 Å². The predicted octanol–water partition coefficient (Wildman–Crippen LogP) is 4.56. The molecule has 0 bridgehead atoms. The third kappa shape index (κ3) is 17.1. The van der Waals surface area contributed by atoms with E-state index in [1.165, 1.54) is 77.0 Å². The second-order valence-corrected chi connectivity index (χ2v) is 11.1. The fourth-order valence-electron chi connectivity index (χ4n) is 5.08. The van der Waals surface area contributed by atoms with Crippen LogP contribution in [0.3, 0.4) is 0 Å². The Labute approximate surface area is 276 Å². The van der Waals surface area contributed by atoms with Gasteiger partial charge in [0.05, 0.1) is 0 Å². The van der Waals surface area contributed by atoms with Crippen molar-refractivity contribution >= 4 is 17.8 Å². The summed E-state index contributed by atoms with van der Waals surface area (Å²) in [6, 6.07) is 15.8. The van der Waals surface area contributed by atoms with Crippen LogP contribution in [-0.2, 0) is 16.0 Å². The van der Waals surface area contributed by atoms with Gasteiger partial charge in [-0.25, -0.2) is 4.79 Å². The molecule has 0 aromatic heterocycles. The topological polar surface area (TPSA) is 102 Å². The maximum Gasteiger partial charge on any atom is 1.00 e. The molecule has 0 aliphatic carbocycles. The van der Waals surface area contributed by atoms with E-state index in [-0.39, 0.29) is 41.9 Å². The number of hydrogen-bond donors (Lipinski definition) is 2. The van der Waals surface area contributed by atoms with Crippen LogP contribution in [-0.4, -0.2) is 28.9 Å². The fourth-order valence-corrected chi connectivity index (χ4v) is 5.08. The number of unbranched alkanes of at least 4 members (excludes halogenated alkanes) is 14. The largest absolute Gasteiger partial charge is 1.00 e. The molecule has 0 saturated carbocycles. The Balaban J connectivity index is 0.00000882. The molecule has 0 spiro atoms. The Hall–Kier alpha value is -2.15. The second kappa shape index (κ2) is 24.3. The fraction of sp³-hybridized carbons (Fsp3) is 0.571. The second-order valence-electron chi connectivity index (χ2n) is 11.1. The van der Waals surface area contributed by atoms with Gasteiger partial charge in [0.25, 0.3) is 0 Å². The van der Waals surface area contributed by atoms with Crippen molar-refractivity contribution < 1.29 is 49.4 Å². The number of carboxylic acids is 1. The first-order valence-corrected chi connectivity index (χ1v) is 15.9. The van der Waals surface area contributed by atoms with Crippen molar-refractivity contribution in [1.82, 2.24) is 5.32 Å². The molecule has 2 atom stereocenters. The molecule has 0 unspecified atom stereocenters. The summed E-state index contributed by atoms with van der Waals surface area (Å²) < 4.78 is 0. The van der Waals surface area contributed by atoms with Gasteiger partial charge in [-0.1, -0.05) is 157 Å². The Bertz CT molecular complexity index is 1000. The first kappa shape index (κ1) is 37.9. The number of carboxylic acid groups (broad SMARTS) is 1. The number of benzene rings is 2. The van der Waals surface area contributed by atoms with Crippen LogP contribution in [0.15, 0.2) is 65.7 Å². The molecular formula is C35H51N2NaO4. The Morgan fingerprint density at radius 1 is 0.738 bits per heavy atom. The minimum atomic E-state index is -1.13. The van der Waals surface area contributed by atoms with E-state index in [0.717, 1.165) is 24.8 Å². The average Bonchev–Trinajstić information content (AvgIpc) is 2.98. The zero-order valence-electron chi connectivity index (χ0n) is 26.1. The normalized spacial score (nSPS) is 12.7. The molecule has 42 heavy (non-hydrogen) atoms. The number of carbonyl (C=O) groups is 2. The van der Waals surface area contributed by atoms with Crippen LogP contribution in [0.1, 0.15) is 127 Å². The maximum absolute atomic E-state index is 13.2. The smallest absolute Gasteiger partial charge is 0.862 e. The number of nitrogens with one attached hydrogen (secondary N) is 1. The van der Waals surface area contributed by atoms with Crippen molar-refractivity contribution in [2.45, 2.75) is 128 Å². The van der Waals surface area contributed by atoms with Crippen molar-refractivity contribution in [2.24, 2.45) is 4.99 Å². The van der Waals surface area contributed by atoms with E-state index in [1.807, 2.05) is 36.4 Å². The van der Waals surface area contributed by atoms with Crippen LogP contribution in [0.4, 0.5) is 0 Å².